The van der Waals surface area contributed by atoms with Crippen LogP contribution < -0.4 is 5.73 Å². The molecule has 0 aliphatic rings. The molecule has 0 atom stereocenters. The van der Waals surface area contributed by atoms with Gasteiger partial charge in [0.15, 0.2) is 0 Å². The van der Waals surface area contributed by atoms with Crippen molar-refractivity contribution in [1.29, 1.82) is 0 Å². The third-order valence-corrected chi connectivity index (χ3v) is 3.76. The highest BCUT2D eigenvalue weighted by Crippen LogP contribution is 2.30. The summed E-state index contributed by atoms with van der Waals surface area (Å²) in [6, 6.07) is 4.44. The molecule has 1 aromatic heterocycles. The van der Waals surface area contributed by atoms with Crippen LogP contribution in [0.3, 0.4) is 0 Å². The van der Waals surface area contributed by atoms with E-state index in [0.717, 1.165) is 17.9 Å². The summed E-state index contributed by atoms with van der Waals surface area (Å²) in [6.45, 7) is 9.21. The fourth-order valence-electron chi connectivity index (χ4n) is 2.78. The van der Waals surface area contributed by atoms with E-state index in [-0.39, 0.29) is 0 Å². The molecule has 2 aromatic rings. The van der Waals surface area contributed by atoms with Gasteiger partial charge in [0.25, 0.3) is 0 Å². The zero-order chi connectivity index (χ0) is 14.2. The van der Waals surface area contributed by atoms with Crippen molar-refractivity contribution >= 4 is 0 Å². The monoisotopic (exact) mass is 257 g/mol. The van der Waals surface area contributed by atoms with Gasteiger partial charge in [0.1, 0.15) is 5.82 Å². The van der Waals surface area contributed by atoms with Crippen molar-refractivity contribution in [3.05, 3.63) is 40.3 Å². The van der Waals surface area contributed by atoms with Crippen LogP contribution in [-0.2, 0) is 13.5 Å². The van der Waals surface area contributed by atoms with Crippen molar-refractivity contribution in [2.75, 3.05) is 6.54 Å². The van der Waals surface area contributed by atoms with Gasteiger partial charge >= 0.3 is 0 Å². The van der Waals surface area contributed by atoms with Gasteiger partial charge in [-0.25, -0.2) is 4.98 Å². The number of nitrogens with two attached hydrogens (primary N) is 1. The molecule has 0 amide bonds. The first-order chi connectivity index (χ1) is 8.95. The molecular formula is C16H23N3. The minimum absolute atomic E-state index is 0.635. The summed E-state index contributed by atoms with van der Waals surface area (Å²) in [4.78, 5) is 4.80. The molecule has 0 unspecified atom stereocenters. The zero-order valence-electron chi connectivity index (χ0n) is 12.5. The molecule has 19 heavy (non-hydrogen) atoms. The number of nitrogens with zero attached hydrogens (tertiary/aromatic N) is 2. The van der Waals surface area contributed by atoms with Gasteiger partial charge in [0.05, 0.1) is 5.69 Å². The number of benzene rings is 1. The predicted octanol–water partition coefficient (Wildman–Crippen LogP) is 2.82. The normalized spacial score (nSPS) is 11.1. The lowest BCUT2D eigenvalue weighted by Gasteiger charge is -2.10. The molecule has 0 fully saturated rings. The molecule has 3 nitrogen and oxygen atoms in total. The average Bonchev–Trinajstić information content (AvgIpc) is 2.57. The van der Waals surface area contributed by atoms with E-state index in [1.165, 1.54) is 27.9 Å². The quantitative estimate of drug-likeness (QED) is 0.919. The molecule has 1 heterocycles. The highest BCUT2D eigenvalue weighted by Gasteiger charge is 2.16. The van der Waals surface area contributed by atoms with Gasteiger partial charge in [-0.05, 0) is 45.4 Å². The van der Waals surface area contributed by atoms with Crippen LogP contribution in [0.5, 0.6) is 0 Å². The molecule has 1 aromatic carbocycles. The highest BCUT2D eigenvalue weighted by atomic mass is 15.1. The standard InChI is InChI=1S/C16H23N3/c1-10-8-11(2)15(12(3)9-10)16-13(4)19(5)14(18-16)6-7-17/h8-9H,6-7,17H2,1-5H3. The molecule has 0 radical (unpaired) electrons. The lowest BCUT2D eigenvalue weighted by molar-refractivity contribution is 0.761. The summed E-state index contributed by atoms with van der Waals surface area (Å²) >= 11 is 0. The van der Waals surface area contributed by atoms with Gasteiger partial charge in [-0.2, -0.15) is 0 Å². The van der Waals surface area contributed by atoms with Gasteiger partial charge in [0, 0.05) is 24.7 Å². The molecule has 0 saturated heterocycles. The highest BCUT2D eigenvalue weighted by molar-refractivity contribution is 5.70. The van der Waals surface area contributed by atoms with E-state index in [4.69, 9.17) is 10.7 Å². The molecule has 0 bridgehead atoms. The summed E-state index contributed by atoms with van der Waals surface area (Å²) < 4.78 is 2.15. The maximum atomic E-state index is 5.65. The first kappa shape index (κ1) is 13.8. The fraction of sp³-hybridized carbons (Fsp3) is 0.438. The van der Waals surface area contributed by atoms with Gasteiger partial charge in [0.2, 0.25) is 0 Å². The van der Waals surface area contributed by atoms with Crippen LogP contribution in [0.15, 0.2) is 12.1 Å². The van der Waals surface area contributed by atoms with Crippen molar-refractivity contribution in [2.45, 2.75) is 34.1 Å². The Balaban J connectivity index is 2.63. The minimum atomic E-state index is 0.635. The first-order valence-electron chi connectivity index (χ1n) is 6.76. The Morgan fingerprint density at radius 3 is 2.21 bits per heavy atom. The second kappa shape index (κ2) is 5.17. The van der Waals surface area contributed by atoms with Gasteiger partial charge in [-0.3, -0.25) is 0 Å². The summed E-state index contributed by atoms with van der Waals surface area (Å²) in [5, 5.41) is 0. The topological polar surface area (TPSA) is 43.8 Å². The lowest BCUT2D eigenvalue weighted by Crippen LogP contribution is -2.08. The first-order valence-corrected chi connectivity index (χ1v) is 6.76. The molecule has 0 aliphatic heterocycles. The number of hydrogen-bond acceptors (Lipinski definition) is 2. The van der Waals surface area contributed by atoms with E-state index < -0.39 is 0 Å². The van der Waals surface area contributed by atoms with Gasteiger partial charge < -0.3 is 10.3 Å². The lowest BCUT2D eigenvalue weighted by atomic mass is 9.96. The van der Waals surface area contributed by atoms with E-state index in [9.17, 15) is 0 Å². The van der Waals surface area contributed by atoms with Crippen molar-refractivity contribution in [2.24, 2.45) is 12.8 Å². The summed E-state index contributed by atoms with van der Waals surface area (Å²) in [7, 11) is 2.07. The molecule has 0 spiro atoms. The molecular weight excluding hydrogens is 234 g/mol. The Kier molecular flexibility index (Phi) is 3.76. The third kappa shape index (κ3) is 2.43. The van der Waals surface area contributed by atoms with Crippen LogP contribution in [0.1, 0.15) is 28.2 Å². The van der Waals surface area contributed by atoms with Crippen LogP contribution in [0.4, 0.5) is 0 Å². The number of aryl methyl sites for hydroxylation is 3. The summed E-state index contributed by atoms with van der Waals surface area (Å²) in [5.74, 6) is 1.06. The van der Waals surface area contributed by atoms with Gasteiger partial charge in [-0.15, -0.1) is 0 Å². The number of hydrogen-bond donors (Lipinski definition) is 1. The Bertz CT molecular complexity index is 586. The summed E-state index contributed by atoms with van der Waals surface area (Å²) in [5.41, 5.74) is 13.1. The molecule has 0 aliphatic carbocycles. The minimum Gasteiger partial charge on any atom is -0.335 e. The van der Waals surface area contributed by atoms with E-state index in [2.05, 4.69) is 51.4 Å². The van der Waals surface area contributed by atoms with E-state index in [0.29, 0.717) is 6.54 Å². The van der Waals surface area contributed by atoms with Crippen molar-refractivity contribution < 1.29 is 0 Å². The smallest absolute Gasteiger partial charge is 0.110 e. The van der Waals surface area contributed by atoms with Crippen LogP contribution in [0.25, 0.3) is 11.3 Å². The number of imidazole rings is 1. The molecule has 3 heteroatoms. The van der Waals surface area contributed by atoms with Crippen molar-refractivity contribution in [1.82, 2.24) is 9.55 Å². The Labute approximate surface area is 115 Å². The van der Waals surface area contributed by atoms with E-state index in [1.54, 1.807) is 0 Å². The molecule has 102 valence electrons. The maximum Gasteiger partial charge on any atom is 0.110 e. The SMILES string of the molecule is Cc1cc(C)c(-c2nc(CCN)n(C)c2C)c(C)c1. The second-order valence-corrected chi connectivity index (χ2v) is 5.33. The van der Waals surface area contributed by atoms with Gasteiger partial charge in [-0.1, -0.05) is 17.7 Å². The van der Waals surface area contributed by atoms with Crippen LogP contribution in [0, 0.1) is 27.7 Å². The van der Waals surface area contributed by atoms with Crippen LogP contribution in [-0.4, -0.2) is 16.1 Å². The fourth-order valence-corrected chi connectivity index (χ4v) is 2.78. The maximum absolute atomic E-state index is 5.65. The second-order valence-electron chi connectivity index (χ2n) is 5.33. The van der Waals surface area contributed by atoms with Crippen molar-refractivity contribution in [3.8, 4) is 11.3 Å². The Morgan fingerprint density at radius 2 is 1.68 bits per heavy atom. The molecule has 0 saturated carbocycles. The third-order valence-electron chi connectivity index (χ3n) is 3.76. The van der Waals surface area contributed by atoms with E-state index >= 15 is 0 Å². The predicted molar refractivity (Wildman–Crippen MR) is 80.4 cm³/mol. The summed E-state index contributed by atoms with van der Waals surface area (Å²) in [6.07, 6.45) is 0.821. The average molecular weight is 257 g/mol. The Hall–Kier alpha value is -1.61. The van der Waals surface area contributed by atoms with Crippen LogP contribution >= 0.6 is 0 Å². The van der Waals surface area contributed by atoms with Crippen LogP contribution in [0.2, 0.25) is 0 Å². The number of rotatable bonds is 3. The largest absolute Gasteiger partial charge is 0.335 e. The van der Waals surface area contributed by atoms with E-state index in [1.807, 2.05) is 0 Å². The zero-order valence-corrected chi connectivity index (χ0v) is 12.5. The molecule has 2 N–H and O–H groups in total. The Morgan fingerprint density at radius 1 is 1.11 bits per heavy atom. The van der Waals surface area contributed by atoms with Crippen molar-refractivity contribution in [3.63, 3.8) is 0 Å². The molecule has 2 rings (SSSR count). The number of aromatic nitrogens is 2.